The van der Waals surface area contributed by atoms with Crippen molar-refractivity contribution < 1.29 is 14.3 Å². The van der Waals surface area contributed by atoms with Crippen LogP contribution in [0.4, 0.5) is 0 Å². The first-order chi connectivity index (χ1) is 9.83. The molecule has 114 valence electrons. The monoisotopic (exact) mass is 291 g/mol. The Balaban J connectivity index is 2.06. The lowest BCUT2D eigenvalue weighted by atomic mass is 10.0. The average Bonchev–Trinajstić information content (AvgIpc) is 3.02. The maximum atomic E-state index is 12.2. The molecule has 6 nitrogen and oxygen atoms in total. The van der Waals surface area contributed by atoms with Crippen LogP contribution in [-0.4, -0.2) is 27.3 Å². The molecule has 0 radical (unpaired) electrons. The lowest BCUT2D eigenvalue weighted by Crippen LogP contribution is -2.39. The van der Waals surface area contributed by atoms with Crippen molar-refractivity contribution in [2.24, 2.45) is 0 Å². The minimum atomic E-state index is -1.25. The van der Waals surface area contributed by atoms with Gasteiger partial charge in [-0.1, -0.05) is 0 Å². The van der Waals surface area contributed by atoms with Crippen molar-refractivity contribution in [3.05, 3.63) is 41.1 Å². The van der Waals surface area contributed by atoms with Crippen LogP contribution in [0.1, 0.15) is 41.6 Å². The average molecular weight is 291 g/mol. The van der Waals surface area contributed by atoms with Crippen molar-refractivity contribution in [2.45, 2.75) is 39.8 Å². The fraction of sp³-hybridized carbons (Fsp3) is 0.467. The first-order valence-corrected chi connectivity index (χ1v) is 6.95. The minimum Gasteiger partial charge on any atom is -0.463 e. The number of furan rings is 1. The van der Waals surface area contributed by atoms with Gasteiger partial charge in [-0.25, -0.2) is 0 Å². The Morgan fingerprint density at radius 2 is 2.19 bits per heavy atom. The Hall–Kier alpha value is -2.08. The number of amides is 1. The number of nitrogens with one attached hydrogen (secondary N) is 1. The summed E-state index contributed by atoms with van der Waals surface area (Å²) in [7, 11) is 0. The second-order valence-corrected chi connectivity index (χ2v) is 5.35. The first-order valence-electron chi connectivity index (χ1n) is 6.95. The van der Waals surface area contributed by atoms with Gasteiger partial charge in [0.25, 0.3) is 5.91 Å². The molecule has 0 aliphatic carbocycles. The zero-order chi connectivity index (χ0) is 15.6. The van der Waals surface area contributed by atoms with Gasteiger partial charge in [0, 0.05) is 6.54 Å². The Morgan fingerprint density at radius 3 is 2.76 bits per heavy atom. The van der Waals surface area contributed by atoms with Crippen molar-refractivity contribution >= 4 is 5.91 Å². The molecule has 2 heterocycles. The molecule has 0 fully saturated rings. The van der Waals surface area contributed by atoms with Gasteiger partial charge in [-0.05, 0) is 45.9 Å². The Labute approximate surface area is 123 Å². The van der Waals surface area contributed by atoms with Crippen molar-refractivity contribution in [2.75, 3.05) is 6.54 Å². The molecule has 2 rings (SSSR count). The van der Waals surface area contributed by atoms with Gasteiger partial charge >= 0.3 is 0 Å². The smallest absolute Gasteiger partial charge is 0.269 e. The molecular weight excluding hydrogens is 270 g/mol. The molecule has 0 spiro atoms. The first kappa shape index (κ1) is 15.3. The highest BCUT2D eigenvalue weighted by Gasteiger charge is 2.28. The Morgan fingerprint density at radius 1 is 1.48 bits per heavy atom. The number of aryl methyl sites for hydroxylation is 3. The van der Waals surface area contributed by atoms with Crippen molar-refractivity contribution in [1.29, 1.82) is 0 Å². The van der Waals surface area contributed by atoms with Crippen molar-refractivity contribution in [3.8, 4) is 0 Å². The van der Waals surface area contributed by atoms with Crippen molar-refractivity contribution in [3.63, 3.8) is 0 Å². The van der Waals surface area contributed by atoms with E-state index >= 15 is 0 Å². The number of aliphatic hydroxyl groups is 1. The van der Waals surface area contributed by atoms with E-state index in [1.54, 1.807) is 36.7 Å². The third kappa shape index (κ3) is 3.33. The van der Waals surface area contributed by atoms with Crippen LogP contribution in [-0.2, 0) is 12.1 Å². The van der Waals surface area contributed by atoms with E-state index in [-0.39, 0.29) is 12.5 Å². The van der Waals surface area contributed by atoms with Crippen LogP contribution in [0.2, 0.25) is 0 Å². The summed E-state index contributed by atoms with van der Waals surface area (Å²) in [6.07, 6.45) is 0. The maximum absolute atomic E-state index is 12.2. The number of carbonyl (C=O) groups excluding carboxylic acids is 1. The third-order valence-corrected chi connectivity index (χ3v) is 3.30. The third-order valence-electron chi connectivity index (χ3n) is 3.30. The lowest BCUT2D eigenvalue weighted by molar-refractivity contribution is 0.0321. The predicted molar refractivity (Wildman–Crippen MR) is 78.0 cm³/mol. The van der Waals surface area contributed by atoms with Gasteiger partial charge < -0.3 is 14.8 Å². The molecule has 1 atom stereocenters. The molecule has 0 bridgehead atoms. The Kier molecular flexibility index (Phi) is 4.18. The summed E-state index contributed by atoms with van der Waals surface area (Å²) in [6, 6.07) is 5.22. The van der Waals surface area contributed by atoms with E-state index in [0.717, 1.165) is 11.5 Å². The number of hydrogen-bond acceptors (Lipinski definition) is 4. The molecule has 0 aliphatic heterocycles. The van der Waals surface area contributed by atoms with Gasteiger partial charge in [0.2, 0.25) is 0 Å². The van der Waals surface area contributed by atoms with E-state index in [2.05, 4.69) is 10.4 Å². The highest BCUT2D eigenvalue weighted by molar-refractivity contribution is 5.92. The van der Waals surface area contributed by atoms with Crippen LogP contribution in [0.25, 0.3) is 0 Å². The second-order valence-electron chi connectivity index (χ2n) is 5.35. The molecule has 1 unspecified atom stereocenters. The molecule has 1 amide bonds. The van der Waals surface area contributed by atoms with E-state index < -0.39 is 5.60 Å². The van der Waals surface area contributed by atoms with Gasteiger partial charge in [-0.15, -0.1) is 0 Å². The van der Waals surface area contributed by atoms with Crippen LogP contribution < -0.4 is 5.32 Å². The van der Waals surface area contributed by atoms with E-state index in [4.69, 9.17) is 4.42 Å². The molecule has 0 saturated heterocycles. The summed E-state index contributed by atoms with van der Waals surface area (Å²) >= 11 is 0. The standard InChI is InChI=1S/C15H21N3O3/c1-5-18-12(8-10(2)17-18)14(19)16-9-15(4,20)13-7-6-11(3)21-13/h6-8,20H,5,9H2,1-4H3,(H,16,19). The van der Waals surface area contributed by atoms with Crippen LogP contribution in [0.15, 0.2) is 22.6 Å². The molecule has 21 heavy (non-hydrogen) atoms. The van der Waals surface area contributed by atoms with Gasteiger partial charge in [0.15, 0.2) is 0 Å². The van der Waals surface area contributed by atoms with Gasteiger partial charge in [-0.3, -0.25) is 9.48 Å². The number of hydrogen-bond donors (Lipinski definition) is 2. The molecular formula is C15H21N3O3. The maximum Gasteiger partial charge on any atom is 0.269 e. The fourth-order valence-corrected chi connectivity index (χ4v) is 2.12. The molecule has 2 aromatic rings. The topological polar surface area (TPSA) is 80.3 Å². The molecule has 0 aromatic carbocycles. The number of aromatic nitrogens is 2. The van der Waals surface area contributed by atoms with Crippen LogP contribution in [0, 0.1) is 13.8 Å². The molecule has 2 N–H and O–H groups in total. The molecule has 0 aliphatic rings. The molecule has 2 aromatic heterocycles. The number of carbonyl (C=O) groups is 1. The van der Waals surface area contributed by atoms with Crippen molar-refractivity contribution in [1.82, 2.24) is 15.1 Å². The van der Waals surface area contributed by atoms with E-state index in [0.29, 0.717) is 18.0 Å². The van der Waals surface area contributed by atoms with Gasteiger partial charge in [-0.2, -0.15) is 5.10 Å². The van der Waals surface area contributed by atoms with E-state index in [9.17, 15) is 9.90 Å². The summed E-state index contributed by atoms with van der Waals surface area (Å²) in [5.74, 6) is 0.887. The summed E-state index contributed by atoms with van der Waals surface area (Å²) < 4.78 is 7.05. The summed E-state index contributed by atoms with van der Waals surface area (Å²) in [5.41, 5.74) is 0.0209. The van der Waals surface area contributed by atoms with Crippen LogP contribution in [0.5, 0.6) is 0 Å². The molecule has 0 saturated carbocycles. The van der Waals surface area contributed by atoms with Gasteiger partial charge in [0.05, 0.1) is 12.2 Å². The fourth-order valence-electron chi connectivity index (χ4n) is 2.12. The van der Waals surface area contributed by atoms with Crippen LogP contribution in [0.3, 0.4) is 0 Å². The highest BCUT2D eigenvalue weighted by Crippen LogP contribution is 2.22. The zero-order valence-electron chi connectivity index (χ0n) is 12.8. The lowest BCUT2D eigenvalue weighted by Gasteiger charge is -2.21. The minimum absolute atomic E-state index is 0.0622. The zero-order valence-corrected chi connectivity index (χ0v) is 12.8. The summed E-state index contributed by atoms with van der Waals surface area (Å²) in [5, 5.41) is 17.4. The summed E-state index contributed by atoms with van der Waals surface area (Å²) in [6.45, 7) is 7.85. The second kappa shape index (κ2) is 5.73. The SMILES string of the molecule is CCn1nc(C)cc1C(=O)NCC(C)(O)c1ccc(C)o1. The van der Waals surface area contributed by atoms with Gasteiger partial charge in [0.1, 0.15) is 22.8 Å². The molecule has 6 heteroatoms. The largest absolute Gasteiger partial charge is 0.463 e. The summed E-state index contributed by atoms with van der Waals surface area (Å²) in [4.78, 5) is 12.2. The van der Waals surface area contributed by atoms with E-state index in [1.807, 2.05) is 13.8 Å². The highest BCUT2D eigenvalue weighted by atomic mass is 16.4. The number of rotatable bonds is 5. The van der Waals surface area contributed by atoms with Crippen LogP contribution >= 0.6 is 0 Å². The normalized spacial score (nSPS) is 14.0. The van der Waals surface area contributed by atoms with E-state index in [1.165, 1.54) is 0 Å². The quantitative estimate of drug-likeness (QED) is 0.879. The predicted octanol–water partition coefficient (Wildman–Crippen LogP) is 1.75. The Bertz CT molecular complexity index is 640. The number of nitrogens with zero attached hydrogens (tertiary/aromatic N) is 2.